The number of aryl methyl sites for hydroxylation is 1. The Labute approximate surface area is 162 Å². The quantitative estimate of drug-likeness (QED) is 0.748. The van der Waals surface area contributed by atoms with Crippen molar-refractivity contribution >= 4 is 28.5 Å². The number of furan rings is 1. The number of fused-ring (bicyclic) bond motifs is 1. The first-order valence-electron chi connectivity index (χ1n) is 9.29. The average molecular weight is 381 g/mol. The maximum absolute atomic E-state index is 12.2. The van der Waals surface area contributed by atoms with E-state index in [4.69, 9.17) is 9.40 Å². The summed E-state index contributed by atoms with van der Waals surface area (Å²) in [6.07, 6.45) is 1.47. The van der Waals surface area contributed by atoms with Crippen LogP contribution in [0.1, 0.15) is 23.3 Å². The van der Waals surface area contributed by atoms with E-state index in [1.807, 2.05) is 30.1 Å². The highest BCUT2D eigenvalue weighted by molar-refractivity contribution is 6.03. The molecule has 0 saturated carbocycles. The molecule has 1 N–H and O–H groups in total. The monoisotopic (exact) mass is 381 g/mol. The van der Waals surface area contributed by atoms with Crippen molar-refractivity contribution in [3.8, 4) is 0 Å². The van der Waals surface area contributed by atoms with Gasteiger partial charge < -0.3 is 19.2 Å². The van der Waals surface area contributed by atoms with E-state index in [0.29, 0.717) is 5.69 Å². The fourth-order valence-electron chi connectivity index (χ4n) is 3.49. The summed E-state index contributed by atoms with van der Waals surface area (Å²) < 4.78 is 7.20. The van der Waals surface area contributed by atoms with Crippen molar-refractivity contribution in [1.29, 1.82) is 0 Å². The van der Waals surface area contributed by atoms with E-state index >= 15 is 0 Å². The van der Waals surface area contributed by atoms with Gasteiger partial charge in [-0.2, -0.15) is 0 Å². The lowest BCUT2D eigenvalue weighted by atomic mass is 10.2. The molecule has 4 rings (SSSR count). The Bertz CT molecular complexity index is 1000. The van der Waals surface area contributed by atoms with Crippen LogP contribution in [0, 0.1) is 0 Å². The maximum Gasteiger partial charge on any atom is 0.291 e. The third kappa shape index (κ3) is 3.63. The number of rotatable bonds is 4. The van der Waals surface area contributed by atoms with Crippen LogP contribution < -0.4 is 5.32 Å². The number of imidazole rings is 1. The number of carbonyl (C=O) groups excluding carboxylic acids is 2. The minimum Gasteiger partial charge on any atom is -0.459 e. The number of amides is 2. The Hall–Kier alpha value is -3.13. The second-order valence-corrected chi connectivity index (χ2v) is 7.00. The van der Waals surface area contributed by atoms with Crippen LogP contribution in [0.5, 0.6) is 0 Å². The molecule has 1 saturated heterocycles. The number of hydrogen-bond donors (Lipinski definition) is 1. The molecule has 3 aromatic rings. The average Bonchev–Trinajstić information content (AvgIpc) is 3.31. The summed E-state index contributed by atoms with van der Waals surface area (Å²) >= 11 is 0. The lowest BCUT2D eigenvalue weighted by molar-refractivity contribution is -0.130. The van der Waals surface area contributed by atoms with Gasteiger partial charge in [-0.15, -0.1) is 0 Å². The van der Waals surface area contributed by atoms with Gasteiger partial charge in [0.05, 0.1) is 23.8 Å². The SMILES string of the molecule is CC(=O)N1CCN(Cc2nc3cc(NC(=O)c4ccco4)ccc3n2C)CC1. The van der Waals surface area contributed by atoms with Gasteiger partial charge in [0, 0.05) is 45.8 Å². The lowest BCUT2D eigenvalue weighted by Gasteiger charge is -2.33. The molecule has 1 aromatic carbocycles. The first-order valence-corrected chi connectivity index (χ1v) is 9.29. The Morgan fingerprint density at radius 3 is 2.64 bits per heavy atom. The van der Waals surface area contributed by atoms with Gasteiger partial charge in [-0.05, 0) is 30.3 Å². The topological polar surface area (TPSA) is 83.6 Å². The van der Waals surface area contributed by atoms with Gasteiger partial charge in [-0.1, -0.05) is 0 Å². The number of carbonyl (C=O) groups is 2. The van der Waals surface area contributed by atoms with Gasteiger partial charge in [0.25, 0.3) is 5.91 Å². The Morgan fingerprint density at radius 2 is 1.96 bits per heavy atom. The Kier molecular flexibility index (Phi) is 4.87. The summed E-state index contributed by atoms with van der Waals surface area (Å²) in [5, 5.41) is 2.83. The van der Waals surface area contributed by atoms with Gasteiger partial charge in [-0.25, -0.2) is 4.98 Å². The van der Waals surface area contributed by atoms with Crippen molar-refractivity contribution < 1.29 is 14.0 Å². The third-order valence-electron chi connectivity index (χ3n) is 5.16. The molecule has 0 bridgehead atoms. The van der Waals surface area contributed by atoms with Crippen molar-refractivity contribution in [2.75, 3.05) is 31.5 Å². The number of benzene rings is 1. The van der Waals surface area contributed by atoms with Crippen LogP contribution in [0.15, 0.2) is 41.0 Å². The van der Waals surface area contributed by atoms with Crippen molar-refractivity contribution in [2.45, 2.75) is 13.5 Å². The number of piperazine rings is 1. The van der Waals surface area contributed by atoms with Crippen molar-refractivity contribution in [3.05, 3.63) is 48.2 Å². The van der Waals surface area contributed by atoms with Crippen LogP contribution >= 0.6 is 0 Å². The van der Waals surface area contributed by atoms with E-state index in [9.17, 15) is 9.59 Å². The third-order valence-corrected chi connectivity index (χ3v) is 5.16. The number of nitrogens with zero attached hydrogens (tertiary/aromatic N) is 4. The normalized spacial score (nSPS) is 15.1. The fourth-order valence-corrected chi connectivity index (χ4v) is 3.49. The van der Waals surface area contributed by atoms with E-state index in [1.165, 1.54) is 6.26 Å². The number of aromatic nitrogens is 2. The molecule has 1 aliphatic rings. The zero-order valence-corrected chi connectivity index (χ0v) is 16.0. The highest BCUT2D eigenvalue weighted by Gasteiger charge is 2.20. The molecular formula is C20H23N5O3. The molecule has 146 valence electrons. The molecule has 0 radical (unpaired) electrons. The zero-order valence-electron chi connectivity index (χ0n) is 16.0. The maximum atomic E-state index is 12.2. The molecular weight excluding hydrogens is 358 g/mol. The fraction of sp³-hybridized carbons (Fsp3) is 0.350. The summed E-state index contributed by atoms with van der Waals surface area (Å²) in [6.45, 7) is 5.53. The van der Waals surface area contributed by atoms with Crippen LogP contribution in [-0.2, 0) is 18.4 Å². The second kappa shape index (κ2) is 7.47. The van der Waals surface area contributed by atoms with E-state index in [2.05, 4.69) is 14.8 Å². The van der Waals surface area contributed by atoms with E-state index < -0.39 is 0 Å². The summed E-state index contributed by atoms with van der Waals surface area (Å²) in [7, 11) is 2.00. The highest BCUT2D eigenvalue weighted by Crippen LogP contribution is 2.21. The van der Waals surface area contributed by atoms with Gasteiger partial charge in [0.1, 0.15) is 5.82 Å². The number of hydrogen-bond acceptors (Lipinski definition) is 5. The zero-order chi connectivity index (χ0) is 19.7. The summed E-state index contributed by atoms with van der Waals surface area (Å²) in [6, 6.07) is 8.99. The molecule has 3 heterocycles. The van der Waals surface area contributed by atoms with Crippen LogP contribution in [-0.4, -0.2) is 57.3 Å². The predicted molar refractivity (Wildman–Crippen MR) is 105 cm³/mol. The molecule has 2 aromatic heterocycles. The largest absolute Gasteiger partial charge is 0.459 e. The Balaban J connectivity index is 1.47. The van der Waals surface area contributed by atoms with Crippen molar-refractivity contribution in [3.63, 3.8) is 0 Å². The molecule has 2 amide bonds. The Morgan fingerprint density at radius 1 is 1.18 bits per heavy atom. The smallest absolute Gasteiger partial charge is 0.291 e. The van der Waals surface area contributed by atoms with E-state index in [1.54, 1.807) is 19.1 Å². The summed E-state index contributed by atoms with van der Waals surface area (Å²) in [5.74, 6) is 1.07. The van der Waals surface area contributed by atoms with Gasteiger partial charge in [0.15, 0.2) is 5.76 Å². The highest BCUT2D eigenvalue weighted by atomic mass is 16.3. The first-order chi connectivity index (χ1) is 13.5. The second-order valence-electron chi connectivity index (χ2n) is 7.00. The molecule has 1 aliphatic heterocycles. The molecule has 8 heteroatoms. The summed E-state index contributed by atoms with van der Waals surface area (Å²) in [4.78, 5) is 32.6. The minimum absolute atomic E-state index is 0.131. The first kappa shape index (κ1) is 18.2. The molecule has 8 nitrogen and oxygen atoms in total. The molecule has 0 atom stereocenters. The standard InChI is InChI=1S/C20H23N5O3/c1-14(26)25-9-7-24(8-10-25)13-19-22-16-12-15(5-6-17(16)23(19)2)21-20(27)18-4-3-11-28-18/h3-6,11-12H,7-10,13H2,1-2H3,(H,21,27). The number of nitrogens with one attached hydrogen (secondary N) is 1. The molecule has 0 aliphatic carbocycles. The molecule has 28 heavy (non-hydrogen) atoms. The van der Waals surface area contributed by atoms with Crippen molar-refractivity contribution in [1.82, 2.24) is 19.4 Å². The minimum atomic E-state index is -0.288. The van der Waals surface area contributed by atoms with Gasteiger partial charge >= 0.3 is 0 Å². The van der Waals surface area contributed by atoms with Crippen LogP contribution in [0.25, 0.3) is 11.0 Å². The van der Waals surface area contributed by atoms with Crippen LogP contribution in [0.2, 0.25) is 0 Å². The lowest BCUT2D eigenvalue weighted by Crippen LogP contribution is -2.47. The van der Waals surface area contributed by atoms with Gasteiger partial charge in [0.2, 0.25) is 5.91 Å². The molecule has 0 spiro atoms. The van der Waals surface area contributed by atoms with Crippen molar-refractivity contribution in [2.24, 2.45) is 7.05 Å². The van der Waals surface area contributed by atoms with Crippen LogP contribution in [0.3, 0.4) is 0 Å². The summed E-state index contributed by atoms with van der Waals surface area (Å²) in [5.41, 5.74) is 2.51. The molecule has 0 unspecified atom stereocenters. The predicted octanol–water partition coefficient (Wildman–Crippen LogP) is 2.08. The molecule has 1 fully saturated rings. The van der Waals surface area contributed by atoms with Crippen LogP contribution in [0.4, 0.5) is 5.69 Å². The van der Waals surface area contributed by atoms with E-state index in [-0.39, 0.29) is 17.6 Å². The number of anilines is 1. The van der Waals surface area contributed by atoms with Gasteiger partial charge in [-0.3, -0.25) is 14.5 Å². The van der Waals surface area contributed by atoms with E-state index in [0.717, 1.165) is 49.6 Å².